The Kier molecular flexibility index (Phi) is 5.37. The van der Waals surface area contributed by atoms with E-state index in [-0.39, 0.29) is 17.4 Å². The molecule has 0 spiro atoms. The predicted octanol–water partition coefficient (Wildman–Crippen LogP) is 2.69. The van der Waals surface area contributed by atoms with Gasteiger partial charge in [0, 0.05) is 25.1 Å². The number of benzene rings is 2. The number of amides is 3. The van der Waals surface area contributed by atoms with Crippen molar-refractivity contribution in [3.8, 4) is 0 Å². The molecule has 158 valence electrons. The average molecular weight is 417 g/mol. The first-order chi connectivity index (χ1) is 14.9. The van der Waals surface area contributed by atoms with Crippen molar-refractivity contribution in [2.45, 2.75) is 33.7 Å². The van der Waals surface area contributed by atoms with Crippen LogP contribution in [0.1, 0.15) is 54.9 Å². The molecule has 8 nitrogen and oxygen atoms in total. The van der Waals surface area contributed by atoms with Crippen LogP contribution in [0, 0.1) is 13.8 Å². The Morgan fingerprint density at radius 3 is 2.58 bits per heavy atom. The van der Waals surface area contributed by atoms with Gasteiger partial charge in [-0.1, -0.05) is 12.1 Å². The van der Waals surface area contributed by atoms with Crippen LogP contribution >= 0.6 is 0 Å². The third-order valence-corrected chi connectivity index (χ3v) is 5.42. The zero-order chi connectivity index (χ0) is 22.1. The van der Waals surface area contributed by atoms with Crippen LogP contribution in [0.2, 0.25) is 0 Å². The predicted molar refractivity (Wildman–Crippen MR) is 115 cm³/mol. The van der Waals surface area contributed by atoms with E-state index in [1.807, 2.05) is 43.5 Å². The Labute approximate surface area is 179 Å². The fraction of sp³-hybridized carbons (Fsp3) is 0.261. The van der Waals surface area contributed by atoms with Crippen LogP contribution in [0.3, 0.4) is 0 Å². The van der Waals surface area contributed by atoms with Gasteiger partial charge in [-0.2, -0.15) is 0 Å². The highest BCUT2D eigenvalue weighted by atomic mass is 16.2. The van der Waals surface area contributed by atoms with Gasteiger partial charge in [0.15, 0.2) is 0 Å². The molecule has 0 fully saturated rings. The maximum atomic E-state index is 13.0. The van der Waals surface area contributed by atoms with Crippen LogP contribution in [0.25, 0.3) is 0 Å². The van der Waals surface area contributed by atoms with Crippen LogP contribution in [0.15, 0.2) is 42.7 Å². The Morgan fingerprint density at radius 1 is 1.03 bits per heavy atom. The summed E-state index contributed by atoms with van der Waals surface area (Å²) < 4.78 is 1.91. The molecular weight excluding hydrogens is 394 g/mol. The molecule has 3 aromatic rings. The molecule has 0 saturated carbocycles. The fourth-order valence-corrected chi connectivity index (χ4v) is 3.69. The van der Waals surface area contributed by atoms with E-state index in [4.69, 9.17) is 0 Å². The molecule has 2 aromatic carbocycles. The second-order valence-electron chi connectivity index (χ2n) is 7.54. The van der Waals surface area contributed by atoms with E-state index in [0.717, 1.165) is 23.5 Å². The fourth-order valence-electron chi connectivity index (χ4n) is 3.69. The highest BCUT2D eigenvalue weighted by molar-refractivity contribution is 6.35. The van der Waals surface area contributed by atoms with Gasteiger partial charge in [0.1, 0.15) is 12.2 Å². The van der Waals surface area contributed by atoms with E-state index in [0.29, 0.717) is 29.8 Å². The van der Waals surface area contributed by atoms with Gasteiger partial charge in [-0.05, 0) is 56.2 Å². The second-order valence-corrected chi connectivity index (χ2v) is 7.54. The van der Waals surface area contributed by atoms with Gasteiger partial charge in [0.2, 0.25) is 0 Å². The van der Waals surface area contributed by atoms with Gasteiger partial charge < -0.3 is 9.88 Å². The summed E-state index contributed by atoms with van der Waals surface area (Å²) in [5.74, 6) is -0.309. The zero-order valence-electron chi connectivity index (χ0n) is 17.7. The lowest BCUT2D eigenvalue weighted by Gasteiger charge is -2.17. The maximum Gasteiger partial charge on any atom is 0.266 e. The van der Waals surface area contributed by atoms with Gasteiger partial charge in [-0.3, -0.25) is 14.4 Å². The summed E-state index contributed by atoms with van der Waals surface area (Å²) in [4.78, 5) is 39.7. The molecule has 0 saturated heterocycles. The Balaban J connectivity index is 1.51. The Morgan fingerprint density at radius 2 is 1.81 bits per heavy atom. The number of nitrogens with zero attached hydrogens (tertiary/aromatic N) is 4. The molecule has 31 heavy (non-hydrogen) atoms. The number of aryl methyl sites for hydroxylation is 3. The van der Waals surface area contributed by atoms with E-state index in [9.17, 15) is 14.4 Å². The lowest BCUT2D eigenvalue weighted by Crippen LogP contribution is -2.30. The molecule has 3 amide bonds. The third-order valence-electron chi connectivity index (χ3n) is 5.42. The van der Waals surface area contributed by atoms with Crippen molar-refractivity contribution in [2.75, 3.05) is 11.4 Å². The van der Waals surface area contributed by atoms with Crippen molar-refractivity contribution >= 4 is 23.4 Å². The van der Waals surface area contributed by atoms with Crippen LogP contribution in [-0.2, 0) is 13.0 Å². The molecule has 8 heteroatoms. The van der Waals surface area contributed by atoms with Crippen LogP contribution in [-0.4, -0.2) is 39.0 Å². The first-order valence-corrected chi connectivity index (χ1v) is 10.2. The lowest BCUT2D eigenvalue weighted by molar-refractivity contribution is 0.0923. The molecule has 0 unspecified atom stereocenters. The number of hydrogen-bond acceptors (Lipinski definition) is 5. The number of fused-ring (bicyclic) bond motifs is 1. The van der Waals surface area contributed by atoms with Crippen molar-refractivity contribution in [1.29, 1.82) is 0 Å². The quantitative estimate of drug-likeness (QED) is 0.622. The van der Waals surface area contributed by atoms with Crippen LogP contribution in [0.5, 0.6) is 0 Å². The summed E-state index contributed by atoms with van der Waals surface area (Å²) in [5, 5.41) is 10.8. The molecule has 1 aliphatic heterocycles. The lowest BCUT2D eigenvalue weighted by atomic mass is 10.1. The molecule has 0 radical (unpaired) electrons. The summed E-state index contributed by atoms with van der Waals surface area (Å²) in [6, 6.07) is 10.2. The standard InChI is InChI=1S/C23H23N5O3/c1-4-27-13-25-26-20(27)9-10-24-21(29)16-7-8-17-18(12-16)23(31)28(22(17)30)19-11-14(2)5-6-15(19)3/h5-8,11-13H,4,9-10H2,1-3H3,(H,24,29). The van der Waals surface area contributed by atoms with Gasteiger partial charge >= 0.3 is 0 Å². The van der Waals surface area contributed by atoms with Gasteiger partial charge in [-0.25, -0.2) is 4.90 Å². The molecule has 1 aromatic heterocycles. The smallest absolute Gasteiger partial charge is 0.266 e. The van der Waals surface area contributed by atoms with Crippen molar-refractivity contribution in [3.63, 3.8) is 0 Å². The molecule has 1 aliphatic rings. The molecule has 4 rings (SSSR count). The highest BCUT2D eigenvalue weighted by Crippen LogP contribution is 2.31. The number of imide groups is 1. The molecule has 0 atom stereocenters. The van der Waals surface area contributed by atoms with Crippen molar-refractivity contribution in [2.24, 2.45) is 0 Å². The van der Waals surface area contributed by atoms with E-state index in [2.05, 4.69) is 15.5 Å². The average Bonchev–Trinajstić information content (AvgIpc) is 3.32. The molecule has 0 bridgehead atoms. The minimum absolute atomic E-state index is 0.240. The van der Waals surface area contributed by atoms with Crippen molar-refractivity contribution < 1.29 is 14.4 Å². The van der Waals surface area contributed by atoms with Crippen molar-refractivity contribution in [3.05, 3.63) is 76.4 Å². The normalized spacial score (nSPS) is 12.9. The summed E-state index contributed by atoms with van der Waals surface area (Å²) in [6.45, 7) is 6.91. The summed E-state index contributed by atoms with van der Waals surface area (Å²) >= 11 is 0. The minimum atomic E-state index is -0.417. The zero-order valence-corrected chi connectivity index (χ0v) is 17.7. The number of carbonyl (C=O) groups excluding carboxylic acids is 3. The largest absolute Gasteiger partial charge is 0.352 e. The molecular formula is C23H23N5O3. The van der Waals surface area contributed by atoms with E-state index in [1.54, 1.807) is 18.5 Å². The van der Waals surface area contributed by atoms with E-state index in [1.165, 1.54) is 11.0 Å². The van der Waals surface area contributed by atoms with Crippen LogP contribution in [0.4, 0.5) is 5.69 Å². The highest BCUT2D eigenvalue weighted by Gasteiger charge is 2.37. The molecule has 0 aliphatic carbocycles. The number of aromatic nitrogens is 3. The number of carbonyl (C=O) groups is 3. The number of anilines is 1. The monoisotopic (exact) mass is 417 g/mol. The van der Waals surface area contributed by atoms with E-state index >= 15 is 0 Å². The van der Waals surface area contributed by atoms with Crippen LogP contribution < -0.4 is 10.2 Å². The van der Waals surface area contributed by atoms with Gasteiger partial charge in [-0.15, -0.1) is 10.2 Å². The maximum absolute atomic E-state index is 13.0. The second kappa shape index (κ2) is 8.14. The first-order valence-electron chi connectivity index (χ1n) is 10.2. The first kappa shape index (κ1) is 20.5. The molecule has 1 N–H and O–H groups in total. The van der Waals surface area contributed by atoms with Crippen molar-refractivity contribution in [1.82, 2.24) is 20.1 Å². The van der Waals surface area contributed by atoms with E-state index < -0.39 is 5.91 Å². The minimum Gasteiger partial charge on any atom is -0.352 e. The Bertz CT molecular complexity index is 1200. The topological polar surface area (TPSA) is 97.2 Å². The summed E-state index contributed by atoms with van der Waals surface area (Å²) in [7, 11) is 0. The SMILES string of the molecule is CCn1cnnc1CCNC(=O)c1ccc2c(c1)C(=O)N(c1cc(C)ccc1C)C2=O. The number of rotatable bonds is 6. The number of nitrogens with one attached hydrogen (secondary N) is 1. The van der Waals surface area contributed by atoms with Gasteiger partial charge in [0.25, 0.3) is 17.7 Å². The third kappa shape index (κ3) is 3.72. The molecule has 2 heterocycles. The Hall–Kier alpha value is -3.81. The van der Waals surface area contributed by atoms with Gasteiger partial charge in [0.05, 0.1) is 16.8 Å². The summed E-state index contributed by atoms with van der Waals surface area (Å²) in [6.07, 6.45) is 2.20. The number of hydrogen-bond donors (Lipinski definition) is 1. The summed E-state index contributed by atoms with van der Waals surface area (Å²) in [5.41, 5.74) is 3.23.